The lowest BCUT2D eigenvalue weighted by Crippen LogP contribution is -2.34. The second-order valence-corrected chi connectivity index (χ2v) is 39.6. The maximum atomic E-state index is 14.7. The van der Waals surface area contributed by atoms with E-state index < -0.39 is 20.2 Å². The highest BCUT2D eigenvalue weighted by Gasteiger charge is 2.31. The molecule has 3 saturated carbocycles. The van der Waals surface area contributed by atoms with Gasteiger partial charge in [-0.15, -0.1) is 10.2 Å². The number of hydrogen-bond acceptors (Lipinski definition) is 14. The summed E-state index contributed by atoms with van der Waals surface area (Å²) >= 11 is 1.65. The van der Waals surface area contributed by atoms with Crippen molar-refractivity contribution in [2.45, 2.75) is 364 Å². The van der Waals surface area contributed by atoms with Crippen molar-refractivity contribution in [3.8, 4) is 67.6 Å². The van der Waals surface area contributed by atoms with Gasteiger partial charge in [-0.05, 0) is 199 Å². The second-order valence-electron chi connectivity index (χ2n) is 33.5. The molecule has 1 atom stereocenters. The lowest BCUT2D eigenvalue weighted by atomic mass is 9.75. The van der Waals surface area contributed by atoms with Gasteiger partial charge in [-0.3, -0.25) is 4.99 Å². The summed E-state index contributed by atoms with van der Waals surface area (Å²) in [6.07, 6.45) is 53.2. The Morgan fingerprint density at radius 2 is 1.02 bits per heavy atom. The molecule has 3 aliphatic carbocycles. The van der Waals surface area contributed by atoms with Crippen LogP contribution in [-0.2, 0) is 4.74 Å². The van der Waals surface area contributed by atoms with Gasteiger partial charge in [0.25, 0.3) is 5.95 Å². The van der Waals surface area contributed by atoms with Crippen LogP contribution in [0, 0.1) is 11.9 Å². The van der Waals surface area contributed by atoms with Gasteiger partial charge in [0.1, 0.15) is 29.3 Å². The molecule has 0 spiro atoms. The third-order valence-corrected chi connectivity index (χ3v) is 26.8. The van der Waals surface area contributed by atoms with E-state index in [1.165, 1.54) is 222 Å². The zero-order chi connectivity index (χ0) is 82.7. The van der Waals surface area contributed by atoms with Crippen LogP contribution < -0.4 is 18.9 Å². The number of aliphatic imine (C=N–C) groups is 1. The smallest absolute Gasteiger partial charge is 0.255 e. The fraction of sp³-hybridized carbons (Fsp3) is 0.612. The minimum atomic E-state index is -1.46. The summed E-state index contributed by atoms with van der Waals surface area (Å²) in [5.74, 6) is 6.32. The normalized spacial score (nSPS) is 16.4. The van der Waals surface area contributed by atoms with E-state index in [1.807, 2.05) is 55.5 Å². The lowest BCUT2D eigenvalue weighted by Gasteiger charge is -2.34. The molecule has 11 rings (SSSR count). The zero-order valence-electron chi connectivity index (χ0n) is 73.1. The number of aromatic nitrogens is 7. The summed E-state index contributed by atoms with van der Waals surface area (Å²) in [6.45, 7) is 26.2. The SMILES string of the molecule is C.C.C.C.C=NC1(C)CCC(c2ccc(-c3ccc(OCC(F)CCCCCC)cc3)cc2)CC1.CCCCCC1CCC(c2ccc(-c3ccc(OC[Si](C)(C)CCCC)c(F)n3)cc2)CC1.CCCCCCCCCOC.CCCCCCCCOc1cnc(-c2ccc(OCC)cc2)nc1.[HH].[HH].[HH].c1cnc(-c2nnc(C3CCCCC3)s2)nc1. The average molecular weight is 1700 g/mol. The Kier molecular flexibility index (Phi) is 55.8. The van der Waals surface area contributed by atoms with Gasteiger partial charge < -0.3 is 23.7 Å². The molecule has 120 heavy (non-hydrogen) atoms. The molecular formula is C103H168F2N8O5SSi. The van der Waals surface area contributed by atoms with Crippen LogP contribution in [0.5, 0.6) is 23.0 Å². The molecule has 4 aromatic carbocycles. The fourth-order valence-corrected chi connectivity index (χ4v) is 18.5. The molecule has 4 heterocycles. The Morgan fingerprint density at radius 3 is 1.57 bits per heavy atom. The molecule has 8 aromatic rings. The molecule has 13 nitrogen and oxygen atoms in total. The van der Waals surface area contributed by atoms with Crippen molar-refractivity contribution in [2.75, 3.05) is 39.8 Å². The number of benzene rings is 4. The first-order valence-corrected chi connectivity index (χ1v) is 49.5. The van der Waals surface area contributed by atoms with Crippen molar-refractivity contribution in [1.29, 1.82) is 0 Å². The second kappa shape index (κ2) is 62.7. The van der Waals surface area contributed by atoms with Crippen LogP contribution >= 0.6 is 11.3 Å². The van der Waals surface area contributed by atoms with Crippen molar-refractivity contribution in [3.63, 3.8) is 0 Å². The summed E-state index contributed by atoms with van der Waals surface area (Å²) in [5, 5.41) is 10.5. The summed E-state index contributed by atoms with van der Waals surface area (Å²) in [4.78, 5) is 25.7. The first kappa shape index (κ1) is 107. The van der Waals surface area contributed by atoms with Crippen LogP contribution in [0.4, 0.5) is 8.78 Å². The molecule has 1 unspecified atom stereocenters. The number of nitrogens with zero attached hydrogens (tertiary/aromatic N) is 8. The van der Waals surface area contributed by atoms with Gasteiger partial charge in [-0.25, -0.2) is 29.3 Å². The Hall–Kier alpha value is -7.34. The molecule has 17 heteroatoms. The Balaban J connectivity index is 0.00000155. The van der Waals surface area contributed by atoms with Gasteiger partial charge in [0, 0.05) is 47.4 Å². The maximum Gasteiger partial charge on any atom is 0.255 e. The predicted molar refractivity (Wildman–Crippen MR) is 519 cm³/mol. The molecule has 674 valence electrons. The number of pyridine rings is 1. The highest BCUT2D eigenvalue weighted by atomic mass is 32.1. The number of unbranched alkanes of at least 4 members (excludes halogenated alkanes) is 17. The van der Waals surface area contributed by atoms with Gasteiger partial charge in [0.05, 0.1) is 51.1 Å². The molecule has 0 N–H and O–H groups in total. The van der Waals surface area contributed by atoms with Crippen LogP contribution in [0.2, 0.25) is 19.1 Å². The number of hydrogen-bond donors (Lipinski definition) is 0. The topological polar surface area (TPSA) is 149 Å². The maximum absolute atomic E-state index is 14.7. The monoisotopic (exact) mass is 1700 g/mol. The predicted octanol–water partition coefficient (Wildman–Crippen LogP) is 32.3. The largest absolute Gasteiger partial charge is 0.494 e. The first-order valence-electron chi connectivity index (χ1n) is 45.2. The standard InChI is InChI=1S/C29H44FNOSi.C28H38FNO.C20H28N2O2.C12H14N4S.C10H22O.4CH4.3H2/c1-5-7-9-10-23-11-13-24(14-12-23)25-15-17-26(18-16-25)27-19-20-28(29(30)31-27)32-22-33(3,4)21-8-6-2;1-4-5-6-7-8-26(29)21-31-27-15-13-24(14-16-27)22-9-11-23(12-10-22)25-17-19-28(2,30-3)20-18-25;1-3-5-6-7-8-9-14-24-19-15-21-20(22-16-19)17-10-12-18(13-11-17)23-4-2;1-2-5-9(6-3-1)11-15-16-12(17-11)10-13-7-4-8-14-10;1-3-4-5-6-7-8-9-10-11-2;;;;;;;/h15-20,23-24H,5-14,21-22H2,1-4H3;9-16,25-26H,3-8,17-21H2,1-2H3;10-13,15-16H,3-9,14H2,1-2H3;4,7-9H,1-3,5-6H2;3-10H2,1-2H3;4*1H4;3*1H. The van der Waals surface area contributed by atoms with E-state index in [0.29, 0.717) is 54.4 Å². The third kappa shape index (κ3) is 40.8. The molecule has 0 saturated heterocycles. The highest BCUT2D eigenvalue weighted by Crippen LogP contribution is 2.42. The minimum Gasteiger partial charge on any atom is -0.494 e. The van der Waals surface area contributed by atoms with E-state index in [4.69, 9.17) is 23.7 Å². The van der Waals surface area contributed by atoms with Gasteiger partial charge in [-0.2, -0.15) is 4.39 Å². The van der Waals surface area contributed by atoms with Crippen molar-refractivity contribution in [3.05, 3.63) is 162 Å². The molecule has 3 fully saturated rings. The van der Waals surface area contributed by atoms with Crippen LogP contribution in [0.25, 0.3) is 44.6 Å². The molecule has 0 radical (unpaired) electrons. The summed E-state index contributed by atoms with van der Waals surface area (Å²) < 4.78 is 56.3. The van der Waals surface area contributed by atoms with Crippen molar-refractivity contribution >= 4 is 26.1 Å². The number of rotatable bonds is 44. The van der Waals surface area contributed by atoms with E-state index in [1.54, 1.807) is 49.3 Å². The minimum absolute atomic E-state index is 0. The molecule has 3 aliphatic rings. The van der Waals surface area contributed by atoms with E-state index >= 15 is 0 Å². The summed E-state index contributed by atoms with van der Waals surface area (Å²) in [6, 6.07) is 40.1. The number of methoxy groups -OCH3 is 1. The molecular weight excluding hydrogens is 1530 g/mol. The Labute approximate surface area is 738 Å². The number of alkyl halides is 1. The number of ether oxygens (including phenoxy) is 5. The van der Waals surface area contributed by atoms with Gasteiger partial charge in [0.2, 0.25) is 0 Å². The molecule has 4 aromatic heterocycles. The van der Waals surface area contributed by atoms with E-state index in [9.17, 15) is 8.78 Å². The van der Waals surface area contributed by atoms with E-state index in [2.05, 4.69) is 162 Å². The van der Waals surface area contributed by atoms with Gasteiger partial charge >= 0.3 is 0 Å². The highest BCUT2D eigenvalue weighted by molar-refractivity contribution is 7.14. The van der Waals surface area contributed by atoms with Crippen molar-refractivity contribution < 1.29 is 36.7 Å². The Morgan fingerprint density at radius 1 is 0.508 bits per heavy atom. The molecule has 0 aliphatic heterocycles. The zero-order valence-corrected chi connectivity index (χ0v) is 74.9. The van der Waals surface area contributed by atoms with E-state index in [-0.39, 0.29) is 51.9 Å². The first-order chi connectivity index (χ1) is 56.6. The quantitative estimate of drug-likeness (QED) is 0.0155. The van der Waals surface area contributed by atoms with Crippen molar-refractivity contribution in [1.82, 2.24) is 35.1 Å². The number of halogens is 2. The van der Waals surface area contributed by atoms with Gasteiger partial charge in [0.15, 0.2) is 28.2 Å². The fourth-order valence-electron chi connectivity index (χ4n) is 15.5. The lowest BCUT2D eigenvalue weighted by molar-refractivity contribution is 0.184. The third-order valence-electron chi connectivity index (χ3n) is 23.1. The van der Waals surface area contributed by atoms with Crippen LogP contribution in [0.1, 0.15) is 354 Å². The molecule has 0 bridgehead atoms. The van der Waals surface area contributed by atoms with Gasteiger partial charge in [-0.1, -0.05) is 310 Å². The Bertz CT molecular complexity index is 3830. The average Bonchev–Trinajstić information content (AvgIpc) is 1.37. The van der Waals surface area contributed by atoms with E-state index in [0.717, 1.165) is 95.2 Å². The summed E-state index contributed by atoms with van der Waals surface area (Å²) in [5.41, 5.74) is 7.88. The van der Waals surface area contributed by atoms with Crippen LogP contribution in [0.3, 0.4) is 0 Å². The van der Waals surface area contributed by atoms with Crippen LogP contribution in [-0.4, -0.2) is 101 Å². The van der Waals surface area contributed by atoms with Crippen LogP contribution in [0.15, 0.2) is 145 Å². The summed E-state index contributed by atoms with van der Waals surface area (Å²) in [7, 11) is 0.314. The van der Waals surface area contributed by atoms with Crippen molar-refractivity contribution in [2.24, 2.45) is 10.9 Å². The molecule has 0 amide bonds.